The first kappa shape index (κ1) is 16.1. The fourth-order valence-electron chi connectivity index (χ4n) is 1.56. The van der Waals surface area contributed by atoms with Gasteiger partial charge in [0.1, 0.15) is 0 Å². The van der Waals surface area contributed by atoms with Crippen LogP contribution in [-0.4, -0.2) is 33.6 Å². The number of carbonyl (C=O) groups excluding carboxylic acids is 2. The molecule has 0 fully saturated rings. The first-order valence-corrected chi connectivity index (χ1v) is 6.11. The van der Waals surface area contributed by atoms with Crippen molar-refractivity contribution in [2.45, 2.75) is 51.4 Å². The summed E-state index contributed by atoms with van der Waals surface area (Å²) in [5, 5.41) is 0. The van der Waals surface area contributed by atoms with Crippen molar-refractivity contribution in [1.82, 2.24) is 0 Å². The van der Waals surface area contributed by atoms with Crippen LogP contribution in [0.2, 0.25) is 0 Å². The Morgan fingerprint density at radius 1 is 0.722 bits per heavy atom. The molecule has 0 spiro atoms. The van der Waals surface area contributed by atoms with Gasteiger partial charge in [-0.15, -0.1) is 0 Å². The van der Waals surface area contributed by atoms with E-state index in [0.717, 1.165) is 51.0 Å². The highest BCUT2D eigenvalue weighted by atomic mass is 16.1. The van der Waals surface area contributed by atoms with E-state index in [2.05, 4.69) is 9.58 Å². The van der Waals surface area contributed by atoms with Crippen LogP contribution < -0.4 is 0 Å². The molecule has 0 aromatic rings. The first-order chi connectivity index (χ1) is 8.70. The van der Waals surface area contributed by atoms with Crippen molar-refractivity contribution in [3.05, 3.63) is 11.1 Å². The third kappa shape index (κ3) is 10.6. The lowest BCUT2D eigenvalue weighted by Crippen LogP contribution is -1.99. The van der Waals surface area contributed by atoms with Crippen molar-refractivity contribution in [1.29, 1.82) is 0 Å². The molecule has 0 radical (unpaired) electrons. The number of hydrogen-bond donors (Lipinski definition) is 0. The number of rotatable bonds is 11. The van der Waals surface area contributed by atoms with Crippen molar-refractivity contribution in [3.63, 3.8) is 0 Å². The minimum Gasteiger partial charge on any atom is -0.361 e. The summed E-state index contributed by atoms with van der Waals surface area (Å²) in [4.78, 5) is 27.2. The molecule has 0 bridgehead atoms. The Hall–Kier alpha value is -1.90. The van der Waals surface area contributed by atoms with E-state index in [9.17, 15) is 9.59 Å². The molecule has 0 heterocycles. The molecule has 0 unspecified atom stereocenters. The van der Waals surface area contributed by atoms with Crippen LogP contribution in [0.3, 0.4) is 0 Å². The van der Waals surface area contributed by atoms with Gasteiger partial charge in [-0.3, -0.25) is 9.59 Å². The van der Waals surface area contributed by atoms with Gasteiger partial charge >= 0.3 is 12.4 Å². The van der Waals surface area contributed by atoms with Gasteiger partial charge in [-0.1, -0.05) is 25.7 Å². The van der Waals surface area contributed by atoms with E-state index in [-0.39, 0.29) is 11.6 Å². The average Bonchev–Trinajstić information content (AvgIpc) is 2.33. The van der Waals surface area contributed by atoms with E-state index in [1.54, 1.807) is 0 Å². The van der Waals surface area contributed by atoms with Gasteiger partial charge in [0, 0.05) is 12.8 Å². The third-order valence-electron chi connectivity index (χ3n) is 2.50. The van der Waals surface area contributed by atoms with E-state index in [0.29, 0.717) is 12.8 Å². The van der Waals surface area contributed by atoms with E-state index in [4.69, 9.17) is 11.1 Å². The average molecular weight is 250 g/mol. The third-order valence-corrected chi connectivity index (χ3v) is 2.50. The van der Waals surface area contributed by atoms with Gasteiger partial charge in [0.05, 0.1) is 0 Å². The number of Topliss-reactive ketones (excluding diaryl/α,β-unsaturated/α-hetero) is 2. The van der Waals surface area contributed by atoms with Crippen LogP contribution in [0.25, 0.3) is 11.1 Å². The Balaban J connectivity index is 3.31. The summed E-state index contributed by atoms with van der Waals surface area (Å²) in [7, 11) is 0. The van der Waals surface area contributed by atoms with E-state index >= 15 is 0 Å². The lowest BCUT2D eigenvalue weighted by Gasteiger charge is -1.98. The van der Waals surface area contributed by atoms with Gasteiger partial charge in [0.15, 0.2) is 0 Å². The SMILES string of the molecule is [N-]=[N+]=CC(=O)CCCCCCCCC(=O)C=[N+]=[N-]. The molecule has 6 nitrogen and oxygen atoms in total. The van der Waals surface area contributed by atoms with Crippen molar-refractivity contribution >= 4 is 24.0 Å². The van der Waals surface area contributed by atoms with Crippen molar-refractivity contribution < 1.29 is 19.2 Å². The van der Waals surface area contributed by atoms with Gasteiger partial charge < -0.3 is 11.1 Å². The van der Waals surface area contributed by atoms with Crippen molar-refractivity contribution in [2.75, 3.05) is 0 Å². The predicted molar refractivity (Wildman–Crippen MR) is 66.3 cm³/mol. The zero-order chi connectivity index (χ0) is 13.6. The molecule has 0 rings (SSSR count). The molecule has 0 aliphatic rings. The molecule has 0 aromatic heterocycles. The maximum absolute atomic E-state index is 10.9. The Bertz CT molecular complexity index is 330. The Morgan fingerprint density at radius 2 is 1.06 bits per heavy atom. The molecule has 6 heteroatoms. The minimum absolute atomic E-state index is 0.161. The number of nitrogens with zero attached hydrogens (tertiary/aromatic N) is 4. The number of carbonyl (C=O) groups is 2. The van der Waals surface area contributed by atoms with Gasteiger partial charge in [0.25, 0.3) is 0 Å². The van der Waals surface area contributed by atoms with Gasteiger partial charge in [-0.2, -0.15) is 9.58 Å². The summed E-state index contributed by atoms with van der Waals surface area (Å²) < 4.78 is 0. The van der Waals surface area contributed by atoms with Crippen LogP contribution in [0, 0.1) is 0 Å². The maximum Gasteiger partial charge on any atom is 0.323 e. The van der Waals surface area contributed by atoms with Crippen molar-refractivity contribution in [3.8, 4) is 0 Å². The monoisotopic (exact) mass is 250 g/mol. The van der Waals surface area contributed by atoms with Gasteiger partial charge in [-0.25, -0.2) is 0 Å². The minimum atomic E-state index is -0.161. The van der Waals surface area contributed by atoms with Crippen LogP contribution in [0.1, 0.15) is 51.4 Å². The molecular formula is C12H18N4O2. The summed E-state index contributed by atoms with van der Waals surface area (Å²) in [5.74, 6) is -0.322. The normalized spacial score (nSPS) is 9.11. The first-order valence-electron chi connectivity index (χ1n) is 6.11. The molecule has 18 heavy (non-hydrogen) atoms. The molecule has 0 aliphatic heterocycles. The molecule has 0 aromatic carbocycles. The molecule has 0 atom stereocenters. The zero-order valence-corrected chi connectivity index (χ0v) is 10.4. The number of ketones is 2. The highest BCUT2D eigenvalue weighted by molar-refractivity contribution is 6.25. The molecule has 0 amide bonds. The standard InChI is InChI=1S/C12H18N4O2/c13-15-9-11(17)7-5-3-1-2-4-6-8-12(18)10-16-14/h9-10H,1-8H2. The lowest BCUT2D eigenvalue weighted by molar-refractivity contribution is -0.116. The van der Waals surface area contributed by atoms with Crippen LogP contribution in [0.15, 0.2) is 0 Å². The number of unbranched alkanes of at least 4 members (excludes halogenated alkanes) is 5. The lowest BCUT2D eigenvalue weighted by atomic mass is 10.1. The van der Waals surface area contributed by atoms with E-state index in [1.807, 2.05) is 0 Å². The zero-order valence-electron chi connectivity index (χ0n) is 10.4. The predicted octanol–water partition coefficient (Wildman–Crippen LogP) is 1.85. The quantitative estimate of drug-likeness (QED) is 0.241. The van der Waals surface area contributed by atoms with Crippen LogP contribution in [0.5, 0.6) is 0 Å². The Labute approximate surface area is 106 Å². The largest absolute Gasteiger partial charge is 0.361 e. The summed E-state index contributed by atoms with van der Waals surface area (Å²) in [5.41, 5.74) is 16.2. The second-order valence-electron chi connectivity index (χ2n) is 4.04. The smallest absolute Gasteiger partial charge is 0.323 e. The topological polar surface area (TPSA) is 107 Å². The second-order valence-corrected chi connectivity index (χ2v) is 4.04. The molecule has 98 valence electrons. The second kappa shape index (κ2) is 11.6. The summed E-state index contributed by atoms with van der Waals surface area (Å²) in [6.45, 7) is 0. The van der Waals surface area contributed by atoms with Gasteiger partial charge in [0.2, 0.25) is 11.6 Å². The van der Waals surface area contributed by atoms with Crippen LogP contribution in [-0.2, 0) is 9.59 Å². The van der Waals surface area contributed by atoms with E-state index in [1.165, 1.54) is 0 Å². The Morgan fingerprint density at radius 3 is 1.39 bits per heavy atom. The fourth-order valence-corrected chi connectivity index (χ4v) is 1.56. The maximum atomic E-state index is 10.9. The molecular weight excluding hydrogens is 232 g/mol. The summed E-state index contributed by atoms with van der Waals surface area (Å²) >= 11 is 0. The molecule has 0 aliphatic carbocycles. The van der Waals surface area contributed by atoms with Gasteiger partial charge in [-0.05, 0) is 12.8 Å². The van der Waals surface area contributed by atoms with E-state index < -0.39 is 0 Å². The van der Waals surface area contributed by atoms with Crippen LogP contribution >= 0.6 is 0 Å². The van der Waals surface area contributed by atoms with Crippen LogP contribution in [0.4, 0.5) is 0 Å². The highest BCUT2D eigenvalue weighted by Crippen LogP contribution is 2.08. The highest BCUT2D eigenvalue weighted by Gasteiger charge is 2.03. The molecule has 0 saturated carbocycles. The summed E-state index contributed by atoms with van der Waals surface area (Å²) in [6, 6.07) is 0. The summed E-state index contributed by atoms with van der Waals surface area (Å²) in [6.07, 6.45) is 8.21. The Kier molecular flexibility index (Phi) is 10.4. The van der Waals surface area contributed by atoms with Crippen molar-refractivity contribution in [2.24, 2.45) is 0 Å². The molecule has 0 N–H and O–H groups in total. The number of hydrogen-bond acceptors (Lipinski definition) is 2. The molecule has 0 saturated heterocycles. The fraction of sp³-hybridized carbons (Fsp3) is 0.667.